The molecule has 152 valence electrons. The highest BCUT2D eigenvalue weighted by molar-refractivity contribution is 5.96. The Labute approximate surface area is 173 Å². The van der Waals surface area contributed by atoms with Gasteiger partial charge in [-0.2, -0.15) is 0 Å². The molecule has 30 heavy (non-hydrogen) atoms. The maximum atomic E-state index is 12.1. The van der Waals surface area contributed by atoms with Gasteiger partial charge in [0, 0.05) is 18.3 Å². The van der Waals surface area contributed by atoms with Gasteiger partial charge in [-0.05, 0) is 60.7 Å². The minimum atomic E-state index is -0.614. The standard InChI is InChI=1S/C23H20N2O5/c1-16(26)24-18-9-11-19(12-10-18)25-22(27)15-29-23(28)17-7-13-21(14-8-17)30-20-5-3-2-4-6-20/h2-14H,15H2,1H3,(H,24,26)(H,25,27). The smallest absolute Gasteiger partial charge is 0.338 e. The number of carbonyl (C=O) groups is 3. The van der Waals surface area contributed by atoms with Crippen molar-refractivity contribution in [1.82, 2.24) is 0 Å². The first kappa shape index (κ1) is 20.6. The van der Waals surface area contributed by atoms with Gasteiger partial charge in [-0.1, -0.05) is 18.2 Å². The van der Waals surface area contributed by atoms with Crippen LogP contribution in [0.4, 0.5) is 11.4 Å². The van der Waals surface area contributed by atoms with Crippen LogP contribution in [0.3, 0.4) is 0 Å². The van der Waals surface area contributed by atoms with Crippen molar-refractivity contribution >= 4 is 29.2 Å². The molecule has 7 nitrogen and oxygen atoms in total. The summed E-state index contributed by atoms with van der Waals surface area (Å²) in [6.07, 6.45) is 0. The first-order valence-corrected chi connectivity index (χ1v) is 9.17. The SMILES string of the molecule is CC(=O)Nc1ccc(NC(=O)COC(=O)c2ccc(Oc3ccccc3)cc2)cc1. The summed E-state index contributed by atoms with van der Waals surface area (Å²) in [7, 11) is 0. The molecule has 0 radical (unpaired) electrons. The number of nitrogens with one attached hydrogen (secondary N) is 2. The Morgan fingerprint density at radius 1 is 0.733 bits per heavy atom. The molecule has 0 aliphatic heterocycles. The minimum Gasteiger partial charge on any atom is -0.457 e. The van der Waals surface area contributed by atoms with E-state index in [0.29, 0.717) is 28.4 Å². The van der Waals surface area contributed by atoms with E-state index >= 15 is 0 Å². The second kappa shape index (κ2) is 9.88. The number of rotatable bonds is 7. The fourth-order valence-corrected chi connectivity index (χ4v) is 2.54. The van der Waals surface area contributed by atoms with Gasteiger partial charge in [-0.3, -0.25) is 9.59 Å². The summed E-state index contributed by atoms with van der Waals surface area (Å²) in [5, 5.41) is 5.25. The molecular weight excluding hydrogens is 384 g/mol. The van der Waals surface area contributed by atoms with Crippen LogP contribution < -0.4 is 15.4 Å². The van der Waals surface area contributed by atoms with Gasteiger partial charge >= 0.3 is 5.97 Å². The monoisotopic (exact) mass is 404 g/mol. The Balaban J connectivity index is 1.47. The molecule has 2 amide bonds. The van der Waals surface area contributed by atoms with Crippen LogP contribution in [0, 0.1) is 0 Å². The van der Waals surface area contributed by atoms with Crippen LogP contribution in [0.5, 0.6) is 11.5 Å². The van der Waals surface area contributed by atoms with Gasteiger partial charge < -0.3 is 20.1 Å². The van der Waals surface area contributed by atoms with E-state index in [-0.39, 0.29) is 5.91 Å². The van der Waals surface area contributed by atoms with Crippen molar-refractivity contribution in [3.63, 3.8) is 0 Å². The van der Waals surface area contributed by atoms with E-state index in [1.165, 1.54) is 6.92 Å². The van der Waals surface area contributed by atoms with Crippen molar-refractivity contribution in [2.24, 2.45) is 0 Å². The van der Waals surface area contributed by atoms with E-state index in [1.807, 2.05) is 30.3 Å². The molecule has 0 spiro atoms. The molecule has 0 fully saturated rings. The van der Waals surface area contributed by atoms with Gasteiger partial charge in [0.15, 0.2) is 6.61 Å². The van der Waals surface area contributed by atoms with Crippen LogP contribution in [0.2, 0.25) is 0 Å². The lowest BCUT2D eigenvalue weighted by molar-refractivity contribution is -0.119. The molecule has 0 unspecified atom stereocenters. The number of para-hydroxylation sites is 1. The third kappa shape index (κ3) is 6.20. The van der Waals surface area contributed by atoms with Crippen LogP contribution in [-0.2, 0) is 14.3 Å². The van der Waals surface area contributed by atoms with E-state index in [1.54, 1.807) is 48.5 Å². The van der Waals surface area contributed by atoms with E-state index < -0.39 is 18.5 Å². The quantitative estimate of drug-likeness (QED) is 0.575. The average Bonchev–Trinajstić information content (AvgIpc) is 2.74. The Hall–Kier alpha value is -4.13. The van der Waals surface area contributed by atoms with Crippen molar-refractivity contribution in [2.75, 3.05) is 17.2 Å². The van der Waals surface area contributed by atoms with E-state index in [2.05, 4.69) is 10.6 Å². The molecule has 0 atom stereocenters. The van der Waals surface area contributed by atoms with Crippen LogP contribution in [0.15, 0.2) is 78.9 Å². The lowest BCUT2D eigenvalue weighted by Gasteiger charge is -2.09. The Kier molecular flexibility index (Phi) is 6.78. The maximum absolute atomic E-state index is 12.1. The largest absolute Gasteiger partial charge is 0.457 e. The Morgan fingerprint density at radius 2 is 1.30 bits per heavy atom. The number of amides is 2. The highest BCUT2D eigenvalue weighted by Crippen LogP contribution is 2.21. The highest BCUT2D eigenvalue weighted by Gasteiger charge is 2.11. The molecule has 7 heteroatoms. The zero-order chi connectivity index (χ0) is 21.3. The summed E-state index contributed by atoms with van der Waals surface area (Å²) in [5.74, 6) is 0.00300. The number of carbonyl (C=O) groups excluding carboxylic acids is 3. The average molecular weight is 404 g/mol. The third-order valence-corrected chi connectivity index (χ3v) is 3.89. The molecule has 3 aromatic carbocycles. The summed E-state index contributed by atoms with van der Waals surface area (Å²) >= 11 is 0. The van der Waals surface area contributed by atoms with Crippen molar-refractivity contribution in [1.29, 1.82) is 0 Å². The molecular formula is C23H20N2O5. The number of hydrogen-bond acceptors (Lipinski definition) is 5. The number of anilines is 2. The van der Waals surface area contributed by atoms with Crippen molar-refractivity contribution in [3.8, 4) is 11.5 Å². The second-order valence-electron chi connectivity index (χ2n) is 6.32. The first-order valence-electron chi connectivity index (χ1n) is 9.17. The number of ether oxygens (including phenoxy) is 2. The highest BCUT2D eigenvalue weighted by atomic mass is 16.5. The van der Waals surface area contributed by atoms with Gasteiger partial charge in [0.1, 0.15) is 11.5 Å². The van der Waals surface area contributed by atoms with Crippen molar-refractivity contribution in [3.05, 3.63) is 84.4 Å². The van der Waals surface area contributed by atoms with E-state index in [0.717, 1.165) is 0 Å². The van der Waals surface area contributed by atoms with Crippen LogP contribution in [0.1, 0.15) is 17.3 Å². The zero-order valence-electron chi connectivity index (χ0n) is 16.3. The summed E-state index contributed by atoms with van der Waals surface area (Å²) in [5.41, 5.74) is 1.45. The predicted octanol–water partition coefficient (Wildman–Crippen LogP) is 4.23. The lowest BCUT2D eigenvalue weighted by Crippen LogP contribution is -2.20. The van der Waals surface area contributed by atoms with Gasteiger partial charge in [-0.15, -0.1) is 0 Å². The van der Waals surface area contributed by atoms with E-state index in [4.69, 9.17) is 9.47 Å². The Bertz CT molecular complexity index is 1020. The molecule has 0 saturated heterocycles. The molecule has 2 N–H and O–H groups in total. The van der Waals surface area contributed by atoms with E-state index in [9.17, 15) is 14.4 Å². The second-order valence-corrected chi connectivity index (χ2v) is 6.32. The normalized spacial score (nSPS) is 10.0. The van der Waals surface area contributed by atoms with Crippen molar-refractivity contribution in [2.45, 2.75) is 6.92 Å². The van der Waals surface area contributed by atoms with Gasteiger partial charge in [0.25, 0.3) is 5.91 Å². The number of esters is 1. The molecule has 0 aliphatic rings. The topological polar surface area (TPSA) is 93.7 Å². The first-order chi connectivity index (χ1) is 14.5. The summed E-state index contributed by atoms with van der Waals surface area (Å²) < 4.78 is 10.7. The van der Waals surface area contributed by atoms with Crippen molar-refractivity contribution < 1.29 is 23.9 Å². The minimum absolute atomic E-state index is 0.182. The Morgan fingerprint density at radius 3 is 1.90 bits per heavy atom. The fraction of sp³-hybridized carbons (Fsp3) is 0.0870. The fourth-order valence-electron chi connectivity index (χ4n) is 2.54. The molecule has 0 bridgehead atoms. The predicted molar refractivity (Wildman–Crippen MR) is 113 cm³/mol. The van der Waals surface area contributed by atoms with Crippen LogP contribution in [0.25, 0.3) is 0 Å². The van der Waals surface area contributed by atoms with Crippen LogP contribution in [-0.4, -0.2) is 24.4 Å². The summed E-state index contributed by atoms with van der Waals surface area (Å²) in [6.45, 7) is 0.989. The number of hydrogen-bond donors (Lipinski definition) is 2. The maximum Gasteiger partial charge on any atom is 0.338 e. The van der Waals surface area contributed by atoms with Gasteiger partial charge in [-0.25, -0.2) is 4.79 Å². The molecule has 0 aromatic heterocycles. The summed E-state index contributed by atoms with van der Waals surface area (Å²) in [4.78, 5) is 35.1. The molecule has 3 rings (SSSR count). The lowest BCUT2D eigenvalue weighted by atomic mass is 10.2. The summed E-state index contributed by atoms with van der Waals surface area (Å²) in [6, 6.07) is 22.3. The number of benzene rings is 3. The molecule has 0 aliphatic carbocycles. The molecule has 0 saturated carbocycles. The third-order valence-electron chi connectivity index (χ3n) is 3.89. The van der Waals surface area contributed by atoms with Crippen LogP contribution >= 0.6 is 0 Å². The van der Waals surface area contributed by atoms with Gasteiger partial charge in [0.2, 0.25) is 5.91 Å². The molecule has 3 aromatic rings. The zero-order valence-corrected chi connectivity index (χ0v) is 16.3. The molecule has 0 heterocycles. The van der Waals surface area contributed by atoms with Gasteiger partial charge in [0.05, 0.1) is 5.56 Å².